The molecule has 0 saturated heterocycles. The second kappa shape index (κ2) is 4.48. The Hall–Kier alpha value is -0.530. The summed E-state index contributed by atoms with van der Waals surface area (Å²) >= 11 is 11.8. The van der Waals surface area contributed by atoms with Gasteiger partial charge >= 0.3 is 0 Å². The van der Waals surface area contributed by atoms with Crippen LogP contribution in [0.25, 0.3) is 0 Å². The summed E-state index contributed by atoms with van der Waals surface area (Å²) in [6, 6.07) is 0. The van der Waals surface area contributed by atoms with Crippen molar-refractivity contribution in [3.63, 3.8) is 0 Å². The lowest BCUT2D eigenvalue weighted by molar-refractivity contribution is 0.984. The number of hydrogen-bond acceptors (Lipinski definition) is 1. The highest BCUT2D eigenvalue weighted by atomic mass is 35.5. The second-order valence-corrected chi connectivity index (χ2v) is 3.22. The Bertz CT molecular complexity index is 274. The lowest BCUT2D eigenvalue weighted by Gasteiger charge is -2.09. The van der Waals surface area contributed by atoms with Crippen LogP contribution >= 0.6 is 23.2 Å². The predicted molar refractivity (Wildman–Crippen MR) is 54.7 cm³/mol. The van der Waals surface area contributed by atoms with E-state index in [1.165, 1.54) is 0 Å². The fraction of sp³-hybridized carbons (Fsp3) is 0.222. The molecule has 0 heterocycles. The van der Waals surface area contributed by atoms with Crippen LogP contribution in [0.1, 0.15) is 12.8 Å². The van der Waals surface area contributed by atoms with Crippen LogP contribution in [-0.4, -0.2) is 6.21 Å². The van der Waals surface area contributed by atoms with Crippen molar-refractivity contribution in [3.8, 4) is 0 Å². The van der Waals surface area contributed by atoms with E-state index in [0.29, 0.717) is 10.7 Å². The first-order valence-electron chi connectivity index (χ1n) is 3.65. The van der Waals surface area contributed by atoms with E-state index in [0.717, 1.165) is 17.9 Å². The summed E-state index contributed by atoms with van der Waals surface area (Å²) in [6.45, 7) is 3.52. The van der Waals surface area contributed by atoms with Gasteiger partial charge in [-0.1, -0.05) is 41.9 Å². The normalized spacial score (nSPS) is 18.3. The minimum atomic E-state index is 0.629. The van der Waals surface area contributed by atoms with Crippen molar-refractivity contribution >= 4 is 29.4 Å². The van der Waals surface area contributed by atoms with E-state index in [1.54, 1.807) is 12.3 Å². The third kappa shape index (κ3) is 2.23. The lowest BCUT2D eigenvalue weighted by atomic mass is 10.1. The van der Waals surface area contributed by atoms with E-state index >= 15 is 0 Å². The molecule has 0 radical (unpaired) electrons. The third-order valence-corrected chi connectivity index (χ3v) is 2.18. The molecule has 1 aliphatic carbocycles. The van der Waals surface area contributed by atoms with Gasteiger partial charge in [-0.3, -0.25) is 4.99 Å². The van der Waals surface area contributed by atoms with E-state index in [9.17, 15) is 0 Å². The highest BCUT2D eigenvalue weighted by Gasteiger charge is 2.10. The maximum atomic E-state index is 5.92. The fourth-order valence-corrected chi connectivity index (χ4v) is 1.51. The molecule has 0 atom stereocenters. The van der Waals surface area contributed by atoms with Crippen molar-refractivity contribution in [2.75, 3.05) is 0 Å². The van der Waals surface area contributed by atoms with Gasteiger partial charge in [0.1, 0.15) is 0 Å². The number of nitrogens with zero attached hydrogens (tertiary/aromatic N) is 1. The molecule has 12 heavy (non-hydrogen) atoms. The SMILES string of the molecule is C=CC=NC1=C(Cl)CCC=C1Cl. The van der Waals surface area contributed by atoms with Gasteiger partial charge < -0.3 is 0 Å². The number of hydrogen-bond donors (Lipinski definition) is 0. The summed E-state index contributed by atoms with van der Waals surface area (Å²) in [7, 11) is 0. The maximum absolute atomic E-state index is 5.92. The van der Waals surface area contributed by atoms with Crippen molar-refractivity contribution in [2.45, 2.75) is 12.8 Å². The Kier molecular flexibility index (Phi) is 3.57. The van der Waals surface area contributed by atoms with Gasteiger partial charge in [0.25, 0.3) is 0 Å². The predicted octanol–water partition coefficient (Wildman–Crippen LogP) is 3.61. The van der Waals surface area contributed by atoms with Gasteiger partial charge in [-0.05, 0) is 12.8 Å². The van der Waals surface area contributed by atoms with Gasteiger partial charge in [0, 0.05) is 11.2 Å². The minimum absolute atomic E-state index is 0.629. The molecule has 1 rings (SSSR count). The van der Waals surface area contributed by atoms with E-state index in [4.69, 9.17) is 23.2 Å². The third-order valence-electron chi connectivity index (χ3n) is 1.48. The van der Waals surface area contributed by atoms with Gasteiger partial charge in [-0.25, -0.2) is 0 Å². The average Bonchev–Trinajstić information content (AvgIpc) is 2.04. The van der Waals surface area contributed by atoms with Gasteiger partial charge in [0.2, 0.25) is 0 Å². The van der Waals surface area contributed by atoms with Crippen LogP contribution in [-0.2, 0) is 0 Å². The number of aliphatic imine (C=N–C) groups is 1. The quantitative estimate of drug-likeness (QED) is 0.606. The first kappa shape index (κ1) is 9.56. The molecule has 0 aromatic heterocycles. The van der Waals surface area contributed by atoms with Gasteiger partial charge in [0.15, 0.2) is 0 Å². The van der Waals surface area contributed by atoms with Crippen molar-refractivity contribution in [1.29, 1.82) is 0 Å². The molecule has 1 aliphatic rings. The maximum Gasteiger partial charge on any atom is 0.0957 e. The van der Waals surface area contributed by atoms with E-state index < -0.39 is 0 Å². The zero-order valence-corrected chi connectivity index (χ0v) is 8.07. The van der Waals surface area contributed by atoms with Crippen LogP contribution in [0.2, 0.25) is 0 Å². The van der Waals surface area contributed by atoms with Crippen LogP contribution in [0.15, 0.2) is 39.5 Å². The summed E-state index contributed by atoms with van der Waals surface area (Å²) in [5, 5.41) is 1.35. The summed E-state index contributed by atoms with van der Waals surface area (Å²) < 4.78 is 0. The summed E-state index contributed by atoms with van der Waals surface area (Å²) in [6.07, 6.45) is 6.81. The van der Waals surface area contributed by atoms with Crippen LogP contribution in [0.5, 0.6) is 0 Å². The smallest absolute Gasteiger partial charge is 0.0957 e. The average molecular weight is 202 g/mol. The molecule has 0 fully saturated rings. The summed E-state index contributed by atoms with van der Waals surface area (Å²) in [4.78, 5) is 4.07. The van der Waals surface area contributed by atoms with Gasteiger partial charge in [0.05, 0.1) is 10.7 Å². The van der Waals surface area contributed by atoms with Crippen LogP contribution in [0.4, 0.5) is 0 Å². The molecular weight excluding hydrogens is 193 g/mol. The van der Waals surface area contributed by atoms with Crippen LogP contribution < -0.4 is 0 Å². The second-order valence-electron chi connectivity index (χ2n) is 2.36. The van der Waals surface area contributed by atoms with Crippen molar-refractivity contribution in [3.05, 3.63) is 34.5 Å². The minimum Gasteiger partial charge on any atom is -0.254 e. The molecule has 0 aromatic rings. The molecule has 3 heteroatoms. The molecule has 0 spiro atoms. The Labute approximate surface area is 82.1 Å². The number of rotatable bonds is 2. The molecular formula is C9H9Cl2N. The monoisotopic (exact) mass is 201 g/mol. The molecule has 1 nitrogen and oxygen atoms in total. The Morgan fingerprint density at radius 3 is 2.83 bits per heavy atom. The van der Waals surface area contributed by atoms with Gasteiger partial charge in [-0.15, -0.1) is 0 Å². The van der Waals surface area contributed by atoms with Crippen LogP contribution in [0.3, 0.4) is 0 Å². The summed E-state index contributed by atoms with van der Waals surface area (Å²) in [5.74, 6) is 0. The number of halogens is 2. The van der Waals surface area contributed by atoms with E-state index in [-0.39, 0.29) is 0 Å². The number of allylic oxidation sites excluding steroid dienone is 4. The molecule has 0 aromatic carbocycles. The summed E-state index contributed by atoms with van der Waals surface area (Å²) in [5.41, 5.74) is 0.671. The first-order chi connectivity index (χ1) is 5.75. The molecule has 0 bridgehead atoms. The Balaban J connectivity index is 2.90. The standard InChI is InChI=1S/C9H9Cl2N/c1-2-6-12-9-7(10)4-3-5-8(9)11/h2,4,6H,1,3,5H2. The van der Waals surface area contributed by atoms with E-state index in [1.807, 2.05) is 6.08 Å². The lowest BCUT2D eigenvalue weighted by Crippen LogP contribution is -1.91. The molecule has 0 N–H and O–H groups in total. The molecule has 0 amide bonds. The van der Waals surface area contributed by atoms with Crippen molar-refractivity contribution in [1.82, 2.24) is 0 Å². The zero-order valence-electron chi connectivity index (χ0n) is 6.56. The Morgan fingerprint density at radius 1 is 1.50 bits per heavy atom. The largest absolute Gasteiger partial charge is 0.254 e. The van der Waals surface area contributed by atoms with Gasteiger partial charge in [-0.2, -0.15) is 0 Å². The highest BCUT2D eigenvalue weighted by molar-refractivity contribution is 6.36. The van der Waals surface area contributed by atoms with E-state index in [2.05, 4.69) is 11.6 Å². The Morgan fingerprint density at radius 2 is 2.25 bits per heavy atom. The van der Waals surface area contributed by atoms with Crippen molar-refractivity contribution < 1.29 is 0 Å². The van der Waals surface area contributed by atoms with Crippen LogP contribution in [0, 0.1) is 0 Å². The topological polar surface area (TPSA) is 12.4 Å². The highest BCUT2D eigenvalue weighted by Crippen LogP contribution is 2.30. The first-order valence-corrected chi connectivity index (χ1v) is 4.41. The molecule has 0 aliphatic heterocycles. The zero-order chi connectivity index (χ0) is 8.97. The molecule has 64 valence electrons. The fourth-order valence-electron chi connectivity index (χ4n) is 0.929. The molecule has 0 saturated carbocycles. The molecule has 0 unspecified atom stereocenters. The van der Waals surface area contributed by atoms with Crippen molar-refractivity contribution in [2.24, 2.45) is 4.99 Å².